The van der Waals surface area contributed by atoms with Crippen LogP contribution in [0.2, 0.25) is 0 Å². The first kappa shape index (κ1) is 15.8. The average Bonchev–Trinajstić information content (AvgIpc) is 2.40. The second kappa shape index (κ2) is 6.01. The maximum Gasteiger partial charge on any atom is 0.256 e. The average molecular weight is 304 g/mol. The number of hydrogen-bond donors (Lipinski definition) is 2. The molecule has 0 aliphatic rings. The summed E-state index contributed by atoms with van der Waals surface area (Å²) >= 11 is 0. The molecule has 0 unspecified atom stereocenters. The van der Waals surface area contributed by atoms with Crippen LogP contribution in [0.3, 0.4) is 0 Å². The normalized spacial score (nSPS) is 11.1. The van der Waals surface area contributed by atoms with Gasteiger partial charge in [-0.1, -0.05) is 0 Å². The highest BCUT2D eigenvalue weighted by Gasteiger charge is 2.17. The molecule has 1 heterocycles. The first-order valence-corrected chi connectivity index (χ1v) is 6.73. The molecule has 5 nitrogen and oxygen atoms in total. The van der Waals surface area contributed by atoms with Crippen molar-refractivity contribution in [1.82, 2.24) is 4.98 Å². The van der Waals surface area contributed by atoms with Crippen molar-refractivity contribution in [2.75, 3.05) is 5.32 Å². The van der Waals surface area contributed by atoms with Crippen LogP contribution >= 0.6 is 0 Å². The number of rotatable bonds is 3. The quantitative estimate of drug-likeness (QED) is 0.916. The van der Waals surface area contributed by atoms with Crippen molar-refractivity contribution in [2.45, 2.75) is 26.4 Å². The third-order valence-corrected chi connectivity index (χ3v) is 2.65. The van der Waals surface area contributed by atoms with Gasteiger partial charge >= 0.3 is 0 Å². The number of pyridine rings is 1. The lowest BCUT2D eigenvalue weighted by atomic mass is 10.2. The van der Waals surface area contributed by atoms with Gasteiger partial charge in [-0.15, -0.1) is 0 Å². The molecule has 0 spiro atoms. The van der Waals surface area contributed by atoms with E-state index in [9.17, 15) is 14.0 Å². The second-order valence-corrected chi connectivity index (χ2v) is 5.75. The molecule has 22 heavy (non-hydrogen) atoms. The minimum atomic E-state index is -0.544. The van der Waals surface area contributed by atoms with Crippen LogP contribution in [0.25, 0.3) is 0 Å². The molecule has 0 aliphatic heterocycles. The first-order chi connectivity index (χ1) is 10.2. The maximum atomic E-state index is 13.4. The van der Waals surface area contributed by atoms with Gasteiger partial charge in [-0.25, -0.2) is 4.39 Å². The van der Waals surface area contributed by atoms with Gasteiger partial charge in [0.2, 0.25) is 5.56 Å². The largest absolute Gasteiger partial charge is 0.486 e. The molecular formula is C16H17FN2O3. The molecule has 0 radical (unpaired) electrons. The zero-order valence-electron chi connectivity index (χ0n) is 12.6. The molecular weight excluding hydrogens is 287 g/mol. The number of nitrogens with one attached hydrogen (secondary N) is 2. The van der Waals surface area contributed by atoms with Gasteiger partial charge in [0.05, 0.1) is 5.69 Å². The summed E-state index contributed by atoms with van der Waals surface area (Å²) in [4.78, 5) is 25.8. The summed E-state index contributed by atoms with van der Waals surface area (Å²) in [6.45, 7) is 5.46. The minimum Gasteiger partial charge on any atom is -0.486 e. The van der Waals surface area contributed by atoms with Crippen LogP contribution in [-0.2, 0) is 0 Å². The van der Waals surface area contributed by atoms with E-state index in [1.807, 2.05) is 20.8 Å². The fraction of sp³-hybridized carbons (Fsp3) is 0.250. The molecule has 6 heteroatoms. The molecule has 2 N–H and O–H groups in total. The highest BCUT2D eigenvalue weighted by atomic mass is 19.1. The molecule has 1 aromatic carbocycles. The van der Waals surface area contributed by atoms with Gasteiger partial charge in [-0.3, -0.25) is 9.59 Å². The highest BCUT2D eigenvalue weighted by molar-refractivity contribution is 6.04. The molecule has 2 aromatic rings. The summed E-state index contributed by atoms with van der Waals surface area (Å²) in [6.07, 6.45) is 1.38. The number of hydrogen-bond acceptors (Lipinski definition) is 3. The molecule has 0 saturated heterocycles. The van der Waals surface area contributed by atoms with Gasteiger partial charge in [0.1, 0.15) is 17.2 Å². The Labute approximate surface area is 127 Å². The summed E-state index contributed by atoms with van der Waals surface area (Å²) in [7, 11) is 0. The van der Waals surface area contributed by atoms with Crippen molar-refractivity contribution < 1.29 is 13.9 Å². The highest BCUT2D eigenvalue weighted by Crippen LogP contribution is 2.29. The predicted molar refractivity (Wildman–Crippen MR) is 81.8 cm³/mol. The fourth-order valence-electron chi connectivity index (χ4n) is 1.79. The van der Waals surface area contributed by atoms with Gasteiger partial charge in [0, 0.05) is 23.9 Å². The van der Waals surface area contributed by atoms with E-state index in [0.717, 1.165) is 0 Å². The van der Waals surface area contributed by atoms with E-state index in [2.05, 4.69) is 10.3 Å². The van der Waals surface area contributed by atoms with Crippen molar-refractivity contribution in [1.29, 1.82) is 0 Å². The summed E-state index contributed by atoms with van der Waals surface area (Å²) < 4.78 is 19.0. The van der Waals surface area contributed by atoms with Crippen molar-refractivity contribution in [2.24, 2.45) is 0 Å². The Balaban J connectivity index is 2.29. The number of ether oxygens (including phenoxy) is 1. The third-order valence-electron chi connectivity index (χ3n) is 2.65. The van der Waals surface area contributed by atoms with E-state index in [1.54, 1.807) is 0 Å². The lowest BCUT2D eigenvalue weighted by Crippen LogP contribution is -2.24. The molecule has 2 rings (SSSR count). The van der Waals surface area contributed by atoms with Crippen molar-refractivity contribution in [3.05, 3.63) is 58.3 Å². The van der Waals surface area contributed by atoms with Crippen LogP contribution in [0.1, 0.15) is 31.1 Å². The Morgan fingerprint density at radius 2 is 1.95 bits per heavy atom. The minimum absolute atomic E-state index is 0.204. The first-order valence-electron chi connectivity index (χ1n) is 6.73. The van der Waals surface area contributed by atoms with Crippen LogP contribution in [0.5, 0.6) is 5.75 Å². The van der Waals surface area contributed by atoms with E-state index in [1.165, 1.54) is 36.5 Å². The van der Waals surface area contributed by atoms with Gasteiger partial charge in [0.15, 0.2) is 0 Å². The van der Waals surface area contributed by atoms with Gasteiger partial charge in [-0.05, 0) is 39.0 Å². The number of anilines is 1. The second-order valence-electron chi connectivity index (χ2n) is 5.75. The van der Waals surface area contributed by atoms with E-state index in [4.69, 9.17) is 4.74 Å². The Morgan fingerprint density at radius 1 is 1.23 bits per heavy atom. The molecule has 0 atom stereocenters. The number of halogens is 1. The van der Waals surface area contributed by atoms with Crippen molar-refractivity contribution in [3.8, 4) is 5.75 Å². The lowest BCUT2D eigenvalue weighted by molar-refractivity contribution is 0.102. The van der Waals surface area contributed by atoms with Crippen molar-refractivity contribution in [3.63, 3.8) is 0 Å². The van der Waals surface area contributed by atoms with Crippen LogP contribution < -0.4 is 15.6 Å². The summed E-state index contributed by atoms with van der Waals surface area (Å²) in [5.41, 5.74) is -0.383. The number of benzene rings is 1. The van der Waals surface area contributed by atoms with E-state index in [0.29, 0.717) is 5.69 Å². The molecule has 0 aliphatic carbocycles. The molecule has 0 bridgehead atoms. The fourth-order valence-corrected chi connectivity index (χ4v) is 1.79. The number of aromatic amines is 1. The standard InChI is InChI=1S/C16H17FN2O3/c1-16(2,3)22-13-9-11(17)4-5-12(13)19-15(21)10-6-7-18-14(20)8-10/h4-9H,1-3H3,(H,18,20)(H,19,21). The summed E-state index contributed by atoms with van der Waals surface area (Å²) in [5.74, 6) is -0.712. The summed E-state index contributed by atoms with van der Waals surface area (Å²) in [6, 6.07) is 6.51. The van der Waals surface area contributed by atoms with Crippen LogP contribution in [0.15, 0.2) is 41.3 Å². The molecule has 116 valence electrons. The lowest BCUT2D eigenvalue weighted by Gasteiger charge is -2.23. The van der Waals surface area contributed by atoms with E-state index in [-0.39, 0.29) is 16.9 Å². The molecule has 0 fully saturated rings. The molecule has 1 aromatic heterocycles. The smallest absolute Gasteiger partial charge is 0.256 e. The number of carbonyl (C=O) groups excluding carboxylic acids is 1. The van der Waals surface area contributed by atoms with Crippen LogP contribution in [-0.4, -0.2) is 16.5 Å². The van der Waals surface area contributed by atoms with Crippen LogP contribution in [0.4, 0.5) is 10.1 Å². The molecule has 0 saturated carbocycles. The number of aromatic nitrogens is 1. The zero-order chi connectivity index (χ0) is 16.3. The Morgan fingerprint density at radius 3 is 2.59 bits per heavy atom. The maximum absolute atomic E-state index is 13.4. The Hall–Kier alpha value is -2.63. The predicted octanol–water partition coefficient (Wildman–Crippen LogP) is 2.94. The van der Waals surface area contributed by atoms with Gasteiger partial charge in [-0.2, -0.15) is 0 Å². The van der Waals surface area contributed by atoms with Gasteiger partial charge in [0.25, 0.3) is 5.91 Å². The number of amides is 1. The topological polar surface area (TPSA) is 71.2 Å². The van der Waals surface area contributed by atoms with Crippen molar-refractivity contribution >= 4 is 11.6 Å². The molecule has 1 amide bonds. The third kappa shape index (κ3) is 4.18. The zero-order valence-corrected chi connectivity index (χ0v) is 12.6. The van der Waals surface area contributed by atoms with Crippen LogP contribution in [0, 0.1) is 5.82 Å². The summed E-state index contributed by atoms with van der Waals surface area (Å²) in [5, 5.41) is 2.62. The number of carbonyl (C=O) groups is 1. The Bertz CT molecular complexity index is 748. The monoisotopic (exact) mass is 304 g/mol. The van der Waals surface area contributed by atoms with Gasteiger partial charge < -0.3 is 15.0 Å². The van der Waals surface area contributed by atoms with E-state index >= 15 is 0 Å². The number of H-pyrrole nitrogens is 1. The van der Waals surface area contributed by atoms with E-state index < -0.39 is 17.3 Å². The SMILES string of the molecule is CC(C)(C)Oc1cc(F)ccc1NC(=O)c1cc[nH]c(=O)c1. The Kier molecular flexibility index (Phi) is 4.30.